The number of ether oxygens (including phenoxy) is 2. The molecular formula is C15H28N2O2. The van der Waals surface area contributed by atoms with Crippen LogP contribution >= 0.6 is 0 Å². The van der Waals surface area contributed by atoms with Crippen LogP contribution in [0.25, 0.3) is 0 Å². The number of hydrogen-bond donors (Lipinski definition) is 1. The van der Waals surface area contributed by atoms with E-state index in [4.69, 9.17) is 9.47 Å². The summed E-state index contributed by atoms with van der Waals surface area (Å²) in [6.45, 7) is 7.50. The summed E-state index contributed by atoms with van der Waals surface area (Å²) in [6, 6.07) is 0.683. The first-order chi connectivity index (χ1) is 9.30. The normalized spacial score (nSPS) is 33.8. The number of nitrogens with zero attached hydrogens (tertiary/aromatic N) is 1. The Kier molecular flexibility index (Phi) is 4.42. The third kappa shape index (κ3) is 3.30. The largest absolute Gasteiger partial charge is 0.347 e. The van der Waals surface area contributed by atoms with Gasteiger partial charge in [0, 0.05) is 32.0 Å². The molecule has 2 unspecified atom stereocenters. The van der Waals surface area contributed by atoms with Gasteiger partial charge in [0.15, 0.2) is 5.79 Å². The molecular weight excluding hydrogens is 240 g/mol. The third-order valence-electron chi connectivity index (χ3n) is 4.83. The van der Waals surface area contributed by atoms with Crippen molar-refractivity contribution >= 4 is 0 Å². The van der Waals surface area contributed by atoms with E-state index in [2.05, 4.69) is 17.1 Å². The van der Waals surface area contributed by atoms with Gasteiger partial charge in [-0.15, -0.1) is 0 Å². The van der Waals surface area contributed by atoms with Crippen molar-refractivity contribution in [1.29, 1.82) is 0 Å². The van der Waals surface area contributed by atoms with Crippen molar-refractivity contribution in [3.05, 3.63) is 0 Å². The molecule has 0 radical (unpaired) electrons. The molecule has 2 atom stereocenters. The van der Waals surface area contributed by atoms with Gasteiger partial charge < -0.3 is 14.8 Å². The van der Waals surface area contributed by atoms with Gasteiger partial charge in [-0.05, 0) is 38.8 Å². The summed E-state index contributed by atoms with van der Waals surface area (Å²) in [5.41, 5.74) is 0. The Morgan fingerprint density at radius 1 is 1.21 bits per heavy atom. The number of likely N-dealkylation sites (N-methyl/N-ethyl adjacent to an activating group) is 1. The van der Waals surface area contributed by atoms with E-state index < -0.39 is 0 Å². The molecule has 1 spiro atoms. The summed E-state index contributed by atoms with van der Waals surface area (Å²) >= 11 is 0. The molecule has 2 aliphatic heterocycles. The molecule has 2 saturated heterocycles. The zero-order chi connectivity index (χ0) is 13.1. The van der Waals surface area contributed by atoms with E-state index in [1.165, 1.54) is 32.2 Å². The van der Waals surface area contributed by atoms with Crippen LogP contribution in [0.3, 0.4) is 0 Å². The molecule has 0 aromatic heterocycles. The van der Waals surface area contributed by atoms with Crippen LogP contribution in [-0.4, -0.2) is 55.6 Å². The topological polar surface area (TPSA) is 33.7 Å². The monoisotopic (exact) mass is 268 g/mol. The second-order valence-electron chi connectivity index (χ2n) is 6.31. The van der Waals surface area contributed by atoms with Gasteiger partial charge in [-0.1, -0.05) is 6.92 Å². The van der Waals surface area contributed by atoms with Gasteiger partial charge in [0.1, 0.15) is 0 Å². The van der Waals surface area contributed by atoms with E-state index in [1.54, 1.807) is 0 Å². The maximum absolute atomic E-state index is 6.22. The average Bonchev–Trinajstić information content (AvgIpc) is 3.14. The minimum absolute atomic E-state index is 0.199. The molecule has 0 aromatic carbocycles. The van der Waals surface area contributed by atoms with Crippen LogP contribution in [0.2, 0.25) is 0 Å². The van der Waals surface area contributed by atoms with E-state index in [0.717, 1.165) is 39.1 Å². The first kappa shape index (κ1) is 13.8. The van der Waals surface area contributed by atoms with Crippen LogP contribution in [0.15, 0.2) is 0 Å². The van der Waals surface area contributed by atoms with Crippen molar-refractivity contribution < 1.29 is 9.47 Å². The highest BCUT2D eigenvalue weighted by atomic mass is 16.7. The lowest BCUT2D eigenvalue weighted by Gasteiger charge is -2.27. The zero-order valence-electron chi connectivity index (χ0n) is 12.2. The van der Waals surface area contributed by atoms with Crippen molar-refractivity contribution in [3.8, 4) is 0 Å². The van der Waals surface area contributed by atoms with Crippen LogP contribution in [0.4, 0.5) is 0 Å². The van der Waals surface area contributed by atoms with Gasteiger partial charge in [0.05, 0.1) is 12.7 Å². The Bertz CT molecular complexity index is 286. The van der Waals surface area contributed by atoms with E-state index in [1.807, 2.05) is 0 Å². The molecule has 0 amide bonds. The summed E-state index contributed by atoms with van der Waals surface area (Å²) < 4.78 is 12.2. The standard InChI is InChI=1S/C15H28N2O2/c1-2-17(10-13-6-5-9-16-13)11-14-12-18-15(19-14)7-3-4-8-15/h13-14,16H,2-12H2,1H3. The molecule has 0 aromatic rings. The minimum atomic E-state index is -0.199. The molecule has 1 aliphatic carbocycles. The average molecular weight is 268 g/mol. The number of nitrogens with one attached hydrogen (secondary N) is 1. The fourth-order valence-electron chi connectivity index (χ4n) is 3.73. The van der Waals surface area contributed by atoms with Crippen LogP contribution < -0.4 is 5.32 Å². The first-order valence-corrected chi connectivity index (χ1v) is 8.07. The van der Waals surface area contributed by atoms with Gasteiger partial charge in [0.2, 0.25) is 0 Å². The SMILES string of the molecule is CCN(CC1CCCN1)CC1COC2(CCCC2)O1. The highest BCUT2D eigenvalue weighted by Gasteiger charge is 2.43. The molecule has 1 N–H and O–H groups in total. The molecule has 110 valence electrons. The van der Waals surface area contributed by atoms with Crippen LogP contribution in [0.1, 0.15) is 45.4 Å². The maximum Gasteiger partial charge on any atom is 0.168 e. The number of rotatable bonds is 5. The second-order valence-corrected chi connectivity index (χ2v) is 6.31. The molecule has 3 rings (SSSR count). The van der Waals surface area contributed by atoms with Crippen molar-refractivity contribution in [2.75, 3.05) is 32.8 Å². The third-order valence-corrected chi connectivity index (χ3v) is 4.83. The summed E-state index contributed by atoms with van der Waals surface area (Å²) in [7, 11) is 0. The van der Waals surface area contributed by atoms with Crippen molar-refractivity contribution in [1.82, 2.24) is 10.2 Å². The summed E-state index contributed by atoms with van der Waals surface area (Å²) in [5.74, 6) is -0.199. The van der Waals surface area contributed by atoms with Crippen LogP contribution in [-0.2, 0) is 9.47 Å². The molecule has 19 heavy (non-hydrogen) atoms. The van der Waals surface area contributed by atoms with Crippen molar-refractivity contribution in [2.24, 2.45) is 0 Å². The van der Waals surface area contributed by atoms with Crippen molar-refractivity contribution in [3.63, 3.8) is 0 Å². The summed E-state index contributed by atoms with van der Waals surface area (Å²) in [4.78, 5) is 2.52. The van der Waals surface area contributed by atoms with Crippen molar-refractivity contribution in [2.45, 2.75) is 63.4 Å². The Balaban J connectivity index is 1.46. The second kappa shape index (κ2) is 6.08. The Morgan fingerprint density at radius 2 is 2.05 bits per heavy atom. The lowest BCUT2D eigenvalue weighted by molar-refractivity contribution is -0.163. The Labute approximate surface area is 116 Å². The lowest BCUT2D eigenvalue weighted by Crippen LogP contribution is -2.42. The minimum Gasteiger partial charge on any atom is -0.347 e. The van der Waals surface area contributed by atoms with E-state index in [-0.39, 0.29) is 11.9 Å². The van der Waals surface area contributed by atoms with Gasteiger partial charge in [0.25, 0.3) is 0 Å². The Hall–Kier alpha value is -0.160. The summed E-state index contributed by atoms with van der Waals surface area (Å²) in [5, 5.41) is 3.58. The van der Waals surface area contributed by atoms with Gasteiger partial charge in [-0.2, -0.15) is 0 Å². The first-order valence-electron chi connectivity index (χ1n) is 8.07. The van der Waals surface area contributed by atoms with E-state index >= 15 is 0 Å². The van der Waals surface area contributed by atoms with E-state index in [9.17, 15) is 0 Å². The fraction of sp³-hybridized carbons (Fsp3) is 1.00. The van der Waals surface area contributed by atoms with Crippen LogP contribution in [0, 0.1) is 0 Å². The maximum atomic E-state index is 6.22. The predicted molar refractivity (Wildman–Crippen MR) is 75.2 cm³/mol. The molecule has 4 nitrogen and oxygen atoms in total. The molecule has 3 fully saturated rings. The lowest BCUT2D eigenvalue weighted by atomic mass is 10.2. The van der Waals surface area contributed by atoms with Crippen LogP contribution in [0.5, 0.6) is 0 Å². The number of hydrogen-bond acceptors (Lipinski definition) is 4. The highest BCUT2D eigenvalue weighted by Crippen LogP contribution is 2.39. The van der Waals surface area contributed by atoms with Gasteiger partial charge >= 0.3 is 0 Å². The van der Waals surface area contributed by atoms with Gasteiger partial charge in [-0.3, -0.25) is 4.90 Å². The molecule has 4 heteroatoms. The Morgan fingerprint density at radius 3 is 2.74 bits per heavy atom. The van der Waals surface area contributed by atoms with E-state index in [0.29, 0.717) is 6.04 Å². The molecule has 0 bridgehead atoms. The smallest absolute Gasteiger partial charge is 0.168 e. The molecule has 3 aliphatic rings. The zero-order valence-corrected chi connectivity index (χ0v) is 12.2. The fourth-order valence-corrected chi connectivity index (χ4v) is 3.73. The quantitative estimate of drug-likeness (QED) is 0.823. The van der Waals surface area contributed by atoms with Gasteiger partial charge in [-0.25, -0.2) is 0 Å². The summed E-state index contributed by atoms with van der Waals surface area (Å²) in [6.07, 6.45) is 7.64. The molecule has 1 saturated carbocycles. The predicted octanol–water partition coefficient (Wildman–Crippen LogP) is 1.75. The highest BCUT2D eigenvalue weighted by molar-refractivity contribution is 4.86. The molecule has 2 heterocycles.